The predicted molar refractivity (Wildman–Crippen MR) is 105 cm³/mol. The lowest BCUT2D eigenvalue weighted by molar-refractivity contribution is -0.123. The Balaban J connectivity index is 1.61. The number of carbonyl (C=O) groups is 1. The zero-order valence-corrected chi connectivity index (χ0v) is 16.1. The van der Waals surface area contributed by atoms with Crippen LogP contribution in [0.15, 0.2) is 64.6 Å². The minimum Gasteiger partial charge on any atom is -0.468 e. The lowest BCUT2D eigenvalue weighted by Crippen LogP contribution is -2.37. The van der Waals surface area contributed by atoms with E-state index < -0.39 is 0 Å². The SMILES string of the molecule is C[C@H](NC(=O)CN(Cc1ccco1)Cc1cccs1)c1ccc(Cl)cc1. The monoisotopic (exact) mass is 388 g/mol. The highest BCUT2D eigenvalue weighted by Gasteiger charge is 2.16. The lowest BCUT2D eigenvalue weighted by Gasteiger charge is -2.22. The molecule has 0 aliphatic rings. The van der Waals surface area contributed by atoms with Gasteiger partial charge in [0.05, 0.1) is 25.4 Å². The van der Waals surface area contributed by atoms with E-state index >= 15 is 0 Å². The number of hydrogen-bond donors (Lipinski definition) is 1. The number of amides is 1. The fraction of sp³-hybridized carbons (Fsp3) is 0.250. The molecule has 6 heteroatoms. The van der Waals surface area contributed by atoms with Gasteiger partial charge in [-0.1, -0.05) is 29.8 Å². The third-order valence-electron chi connectivity index (χ3n) is 4.03. The van der Waals surface area contributed by atoms with Crippen LogP contribution in [0.1, 0.15) is 29.2 Å². The first-order valence-electron chi connectivity index (χ1n) is 8.42. The van der Waals surface area contributed by atoms with Crippen molar-refractivity contribution in [2.24, 2.45) is 0 Å². The number of carbonyl (C=O) groups excluding carboxylic acids is 1. The van der Waals surface area contributed by atoms with Crippen molar-refractivity contribution in [3.8, 4) is 0 Å². The maximum absolute atomic E-state index is 12.6. The Morgan fingerprint density at radius 2 is 2.00 bits per heavy atom. The quantitative estimate of drug-likeness (QED) is 0.598. The predicted octanol–water partition coefficient (Wildman–Crippen LogP) is 4.87. The van der Waals surface area contributed by atoms with Gasteiger partial charge in [0.25, 0.3) is 0 Å². The molecule has 1 aromatic carbocycles. The molecule has 3 aromatic rings. The molecule has 1 amide bonds. The summed E-state index contributed by atoms with van der Waals surface area (Å²) in [4.78, 5) is 15.9. The summed E-state index contributed by atoms with van der Waals surface area (Å²) < 4.78 is 5.44. The summed E-state index contributed by atoms with van der Waals surface area (Å²) in [5.74, 6) is 0.829. The Hall–Kier alpha value is -2.08. The fourth-order valence-electron chi connectivity index (χ4n) is 2.74. The first-order chi connectivity index (χ1) is 12.6. The van der Waals surface area contributed by atoms with Gasteiger partial charge in [0.1, 0.15) is 5.76 Å². The van der Waals surface area contributed by atoms with Gasteiger partial charge in [-0.15, -0.1) is 11.3 Å². The van der Waals surface area contributed by atoms with Crippen molar-refractivity contribution in [1.82, 2.24) is 10.2 Å². The van der Waals surface area contributed by atoms with E-state index in [0.29, 0.717) is 24.7 Å². The maximum atomic E-state index is 12.6. The molecule has 4 nitrogen and oxygen atoms in total. The van der Waals surface area contributed by atoms with E-state index in [9.17, 15) is 4.79 Å². The first-order valence-corrected chi connectivity index (χ1v) is 9.68. The van der Waals surface area contributed by atoms with Gasteiger partial charge in [-0.25, -0.2) is 0 Å². The van der Waals surface area contributed by atoms with Gasteiger partial charge in [0.15, 0.2) is 0 Å². The van der Waals surface area contributed by atoms with E-state index in [-0.39, 0.29) is 11.9 Å². The normalized spacial score (nSPS) is 12.3. The smallest absolute Gasteiger partial charge is 0.234 e. The van der Waals surface area contributed by atoms with E-state index in [2.05, 4.69) is 16.3 Å². The third kappa shape index (κ3) is 5.46. The average Bonchev–Trinajstić information content (AvgIpc) is 3.29. The second-order valence-corrected chi connectivity index (χ2v) is 7.61. The molecule has 26 heavy (non-hydrogen) atoms. The van der Waals surface area contributed by atoms with Gasteiger partial charge in [-0.3, -0.25) is 9.69 Å². The molecule has 0 unspecified atom stereocenters. The molecule has 136 valence electrons. The summed E-state index contributed by atoms with van der Waals surface area (Å²) in [6.45, 7) is 3.57. The summed E-state index contributed by atoms with van der Waals surface area (Å²) in [6.07, 6.45) is 1.65. The highest BCUT2D eigenvalue weighted by molar-refractivity contribution is 7.09. The van der Waals surface area contributed by atoms with Gasteiger partial charge < -0.3 is 9.73 Å². The van der Waals surface area contributed by atoms with E-state index in [1.54, 1.807) is 17.6 Å². The van der Waals surface area contributed by atoms with Crippen LogP contribution in [0.2, 0.25) is 5.02 Å². The summed E-state index contributed by atoms with van der Waals surface area (Å²) in [5.41, 5.74) is 1.03. The van der Waals surface area contributed by atoms with Crippen LogP contribution in [0, 0.1) is 0 Å². The molecule has 0 radical (unpaired) electrons. The molecule has 0 fully saturated rings. The summed E-state index contributed by atoms with van der Waals surface area (Å²) >= 11 is 7.61. The van der Waals surface area contributed by atoms with Gasteiger partial charge in [0, 0.05) is 16.4 Å². The van der Waals surface area contributed by atoms with Crippen molar-refractivity contribution in [2.75, 3.05) is 6.54 Å². The van der Waals surface area contributed by atoms with Crippen LogP contribution < -0.4 is 5.32 Å². The van der Waals surface area contributed by atoms with Crippen LogP contribution in [0.5, 0.6) is 0 Å². The molecule has 0 saturated heterocycles. The van der Waals surface area contributed by atoms with Crippen molar-refractivity contribution < 1.29 is 9.21 Å². The lowest BCUT2D eigenvalue weighted by atomic mass is 10.1. The standard InChI is InChI=1S/C20H21ClN2O2S/c1-15(16-6-8-17(21)9-7-16)22-20(24)14-23(12-18-4-2-10-25-18)13-19-5-3-11-26-19/h2-11,15H,12-14H2,1H3,(H,22,24)/t15-/m0/s1. The average molecular weight is 389 g/mol. The zero-order chi connectivity index (χ0) is 18.4. The minimum atomic E-state index is -0.0769. The number of halogens is 1. The Bertz CT molecular complexity index is 765. The molecule has 0 aliphatic heterocycles. The summed E-state index contributed by atoms with van der Waals surface area (Å²) in [5, 5.41) is 5.79. The van der Waals surface area contributed by atoms with Crippen LogP contribution in [0.3, 0.4) is 0 Å². The van der Waals surface area contributed by atoms with Crippen LogP contribution in [-0.4, -0.2) is 17.4 Å². The number of nitrogens with zero attached hydrogens (tertiary/aromatic N) is 1. The van der Waals surface area contributed by atoms with Crippen LogP contribution >= 0.6 is 22.9 Å². The van der Waals surface area contributed by atoms with E-state index in [1.165, 1.54) is 4.88 Å². The van der Waals surface area contributed by atoms with Gasteiger partial charge in [-0.2, -0.15) is 0 Å². The molecule has 2 heterocycles. The largest absolute Gasteiger partial charge is 0.468 e. The van der Waals surface area contributed by atoms with E-state index in [4.69, 9.17) is 16.0 Å². The number of rotatable bonds is 8. The molecule has 0 aliphatic carbocycles. The minimum absolute atomic E-state index is 0.0180. The van der Waals surface area contributed by atoms with Crippen molar-refractivity contribution in [1.29, 1.82) is 0 Å². The van der Waals surface area contributed by atoms with Crippen molar-refractivity contribution >= 4 is 28.8 Å². The van der Waals surface area contributed by atoms with E-state index in [0.717, 1.165) is 11.3 Å². The number of thiophene rings is 1. The number of hydrogen-bond acceptors (Lipinski definition) is 4. The van der Waals surface area contributed by atoms with Gasteiger partial charge in [-0.05, 0) is 48.2 Å². The van der Waals surface area contributed by atoms with Crippen LogP contribution in [-0.2, 0) is 17.9 Å². The number of nitrogens with one attached hydrogen (secondary N) is 1. The number of furan rings is 1. The van der Waals surface area contributed by atoms with Crippen molar-refractivity contribution in [3.63, 3.8) is 0 Å². The third-order valence-corrected chi connectivity index (χ3v) is 5.15. The zero-order valence-electron chi connectivity index (χ0n) is 14.5. The van der Waals surface area contributed by atoms with Gasteiger partial charge >= 0.3 is 0 Å². The Kier molecular flexibility index (Phi) is 6.50. The molecule has 0 saturated carbocycles. The molecule has 1 N–H and O–H groups in total. The summed E-state index contributed by atoms with van der Waals surface area (Å²) in [7, 11) is 0. The highest BCUT2D eigenvalue weighted by atomic mass is 35.5. The highest BCUT2D eigenvalue weighted by Crippen LogP contribution is 2.17. The Morgan fingerprint density at radius 3 is 2.65 bits per heavy atom. The van der Waals surface area contributed by atoms with Crippen molar-refractivity contribution in [2.45, 2.75) is 26.1 Å². The van der Waals surface area contributed by atoms with Crippen LogP contribution in [0.25, 0.3) is 0 Å². The molecule has 3 rings (SSSR count). The molecule has 0 spiro atoms. The molecular weight excluding hydrogens is 368 g/mol. The van der Waals surface area contributed by atoms with Gasteiger partial charge in [0.2, 0.25) is 5.91 Å². The topological polar surface area (TPSA) is 45.5 Å². The van der Waals surface area contributed by atoms with Crippen molar-refractivity contribution in [3.05, 3.63) is 81.4 Å². The fourth-order valence-corrected chi connectivity index (χ4v) is 3.61. The Labute approximate surface area is 162 Å². The van der Waals surface area contributed by atoms with E-state index in [1.807, 2.05) is 54.8 Å². The Morgan fingerprint density at radius 1 is 1.19 bits per heavy atom. The van der Waals surface area contributed by atoms with Crippen LogP contribution in [0.4, 0.5) is 0 Å². The summed E-state index contributed by atoms with van der Waals surface area (Å²) in [6, 6.07) is 15.3. The second kappa shape index (κ2) is 9.03. The molecule has 1 atom stereocenters. The molecule has 0 bridgehead atoms. The molecular formula is C20H21ClN2O2S. The first kappa shape index (κ1) is 18.7. The maximum Gasteiger partial charge on any atom is 0.234 e. The number of benzene rings is 1. The molecule has 2 aromatic heterocycles. The second-order valence-electron chi connectivity index (χ2n) is 6.14.